The van der Waals surface area contributed by atoms with E-state index >= 15 is 0 Å². The topological polar surface area (TPSA) is 156 Å². The standard InChI is InChI=1S/C25H28N4O7S/c1-3-35-25(32)21-13-20(14-26)23(27-22(21)15-36-17(2)30)29-11-9-19(10-12-29)24(31)28-37(33,34)16-18-7-5-4-6-8-18/h4-8,13,19H,3,9-12,15-16H2,1-2H3,(H,28,31). The number of esters is 2. The average Bonchev–Trinajstić information content (AvgIpc) is 2.87. The van der Waals surface area contributed by atoms with Gasteiger partial charge in [0, 0.05) is 25.9 Å². The molecule has 2 aromatic rings. The number of anilines is 1. The zero-order valence-electron chi connectivity index (χ0n) is 20.6. The highest BCUT2D eigenvalue weighted by molar-refractivity contribution is 7.89. The summed E-state index contributed by atoms with van der Waals surface area (Å²) in [5.41, 5.74) is 0.877. The summed E-state index contributed by atoms with van der Waals surface area (Å²) in [4.78, 5) is 42.6. The second kappa shape index (κ2) is 12.3. The number of nitriles is 1. The molecule has 0 spiro atoms. The summed E-state index contributed by atoms with van der Waals surface area (Å²) in [7, 11) is -3.85. The van der Waals surface area contributed by atoms with E-state index in [9.17, 15) is 28.1 Å². The summed E-state index contributed by atoms with van der Waals surface area (Å²) in [5.74, 6) is -2.37. The Morgan fingerprint density at radius 3 is 2.43 bits per heavy atom. The Kier molecular flexibility index (Phi) is 9.19. The second-order valence-corrected chi connectivity index (χ2v) is 10.2. The molecule has 1 fully saturated rings. The second-order valence-electron chi connectivity index (χ2n) is 8.44. The van der Waals surface area contributed by atoms with Crippen LogP contribution < -0.4 is 9.62 Å². The van der Waals surface area contributed by atoms with Crippen LogP contribution in [0.25, 0.3) is 0 Å². The Labute approximate surface area is 215 Å². The molecule has 0 bridgehead atoms. The highest BCUT2D eigenvalue weighted by Crippen LogP contribution is 2.27. The van der Waals surface area contributed by atoms with Crippen molar-refractivity contribution in [1.82, 2.24) is 9.71 Å². The number of aromatic nitrogens is 1. The number of hydrogen-bond acceptors (Lipinski definition) is 10. The summed E-state index contributed by atoms with van der Waals surface area (Å²) in [5, 5.41) is 9.70. The van der Waals surface area contributed by atoms with E-state index in [1.165, 1.54) is 13.0 Å². The lowest BCUT2D eigenvalue weighted by atomic mass is 9.96. The fourth-order valence-electron chi connectivity index (χ4n) is 3.95. The van der Waals surface area contributed by atoms with E-state index in [4.69, 9.17) is 9.47 Å². The molecular weight excluding hydrogens is 500 g/mol. The van der Waals surface area contributed by atoms with Gasteiger partial charge in [-0.1, -0.05) is 30.3 Å². The molecule has 196 valence electrons. The van der Waals surface area contributed by atoms with Gasteiger partial charge in [0.2, 0.25) is 15.9 Å². The first-order chi connectivity index (χ1) is 17.6. The number of pyridine rings is 1. The maximum atomic E-state index is 12.7. The number of ether oxygens (including phenoxy) is 2. The largest absolute Gasteiger partial charge is 0.462 e. The molecule has 11 nitrogen and oxygen atoms in total. The minimum atomic E-state index is -3.85. The third-order valence-corrected chi connectivity index (χ3v) is 6.96. The molecule has 37 heavy (non-hydrogen) atoms. The molecule has 1 aromatic heterocycles. The van der Waals surface area contributed by atoms with Crippen molar-refractivity contribution in [1.29, 1.82) is 5.26 Å². The summed E-state index contributed by atoms with van der Waals surface area (Å²) in [6.07, 6.45) is 0.663. The smallest absolute Gasteiger partial charge is 0.340 e. The van der Waals surface area contributed by atoms with E-state index in [1.54, 1.807) is 42.2 Å². The van der Waals surface area contributed by atoms with Gasteiger partial charge in [-0.2, -0.15) is 5.26 Å². The maximum absolute atomic E-state index is 12.7. The summed E-state index contributed by atoms with van der Waals surface area (Å²) >= 11 is 0. The third kappa shape index (κ3) is 7.50. The number of amides is 1. The average molecular weight is 529 g/mol. The van der Waals surface area contributed by atoms with Gasteiger partial charge in [0.15, 0.2) is 0 Å². The van der Waals surface area contributed by atoms with Crippen molar-refractivity contribution in [3.8, 4) is 6.07 Å². The summed E-state index contributed by atoms with van der Waals surface area (Å²) in [6, 6.07) is 12.0. The zero-order valence-corrected chi connectivity index (χ0v) is 21.4. The number of nitrogens with one attached hydrogen (secondary N) is 1. The summed E-state index contributed by atoms with van der Waals surface area (Å²) in [6.45, 7) is 3.36. The van der Waals surface area contributed by atoms with E-state index in [2.05, 4.69) is 9.71 Å². The van der Waals surface area contributed by atoms with Crippen LogP contribution in [0.3, 0.4) is 0 Å². The Balaban J connectivity index is 1.72. The van der Waals surface area contributed by atoms with Gasteiger partial charge < -0.3 is 14.4 Å². The van der Waals surface area contributed by atoms with Gasteiger partial charge in [-0.05, 0) is 31.4 Å². The van der Waals surface area contributed by atoms with E-state index in [0.29, 0.717) is 31.5 Å². The molecule has 0 saturated carbocycles. The SMILES string of the molecule is CCOC(=O)c1cc(C#N)c(N2CCC(C(=O)NS(=O)(=O)Cc3ccccc3)CC2)nc1COC(C)=O. The van der Waals surface area contributed by atoms with E-state index < -0.39 is 33.8 Å². The molecule has 0 atom stereocenters. The molecular formula is C25H28N4O7S. The van der Waals surface area contributed by atoms with Crippen LogP contribution in [-0.2, 0) is 41.4 Å². The molecule has 1 aromatic carbocycles. The van der Waals surface area contributed by atoms with Crippen LogP contribution in [0.4, 0.5) is 5.82 Å². The molecule has 1 aliphatic rings. The number of rotatable bonds is 9. The predicted molar refractivity (Wildman–Crippen MR) is 133 cm³/mol. The molecule has 0 aliphatic carbocycles. The Bertz CT molecular complexity index is 1300. The first kappa shape index (κ1) is 27.6. The minimum absolute atomic E-state index is 0.0290. The Hall–Kier alpha value is -3.98. The van der Waals surface area contributed by atoms with Crippen LogP contribution in [-0.4, -0.2) is 50.9 Å². The number of nitrogens with zero attached hydrogens (tertiary/aromatic N) is 3. The predicted octanol–water partition coefficient (Wildman–Crippen LogP) is 2.06. The number of carbonyl (C=O) groups is 3. The molecule has 3 rings (SSSR count). The van der Waals surface area contributed by atoms with Crippen molar-refractivity contribution in [3.05, 3.63) is 58.8 Å². The summed E-state index contributed by atoms with van der Waals surface area (Å²) < 4.78 is 37.1. The Morgan fingerprint density at radius 2 is 1.84 bits per heavy atom. The van der Waals surface area contributed by atoms with Gasteiger partial charge in [0.05, 0.1) is 29.2 Å². The lowest BCUT2D eigenvalue weighted by Gasteiger charge is -2.33. The van der Waals surface area contributed by atoms with Gasteiger partial charge in [-0.25, -0.2) is 18.2 Å². The molecule has 1 amide bonds. The van der Waals surface area contributed by atoms with E-state index in [0.717, 1.165) is 0 Å². The minimum Gasteiger partial charge on any atom is -0.462 e. The van der Waals surface area contributed by atoms with Gasteiger partial charge in [0.1, 0.15) is 18.5 Å². The molecule has 2 heterocycles. The number of hydrogen-bond donors (Lipinski definition) is 1. The fourth-order valence-corrected chi connectivity index (χ4v) is 5.13. The quantitative estimate of drug-likeness (QED) is 0.478. The lowest BCUT2D eigenvalue weighted by Crippen LogP contribution is -2.43. The van der Waals surface area contributed by atoms with Gasteiger partial charge >= 0.3 is 11.9 Å². The lowest BCUT2D eigenvalue weighted by molar-refractivity contribution is -0.142. The number of carbonyl (C=O) groups excluding carboxylic acids is 3. The van der Waals surface area contributed by atoms with E-state index in [-0.39, 0.29) is 41.6 Å². The molecule has 12 heteroatoms. The number of piperidine rings is 1. The van der Waals surface area contributed by atoms with Gasteiger partial charge in [-0.3, -0.25) is 14.3 Å². The zero-order chi connectivity index (χ0) is 27.0. The third-order valence-electron chi connectivity index (χ3n) is 5.73. The van der Waals surface area contributed by atoms with Crippen molar-refractivity contribution < 1.29 is 32.3 Å². The van der Waals surface area contributed by atoms with Crippen LogP contribution in [0.2, 0.25) is 0 Å². The number of benzene rings is 1. The highest BCUT2D eigenvalue weighted by Gasteiger charge is 2.30. The van der Waals surface area contributed by atoms with Gasteiger partial charge in [-0.15, -0.1) is 0 Å². The first-order valence-electron chi connectivity index (χ1n) is 11.7. The Morgan fingerprint density at radius 1 is 1.16 bits per heavy atom. The fraction of sp³-hybridized carbons (Fsp3) is 0.400. The van der Waals surface area contributed by atoms with Crippen molar-refractivity contribution >= 4 is 33.7 Å². The normalized spacial score (nSPS) is 13.9. The van der Waals surface area contributed by atoms with Crippen LogP contribution >= 0.6 is 0 Å². The van der Waals surface area contributed by atoms with Crippen molar-refractivity contribution in [3.63, 3.8) is 0 Å². The first-order valence-corrected chi connectivity index (χ1v) is 13.4. The van der Waals surface area contributed by atoms with Crippen LogP contribution in [0.15, 0.2) is 36.4 Å². The van der Waals surface area contributed by atoms with Gasteiger partial charge in [0.25, 0.3) is 0 Å². The van der Waals surface area contributed by atoms with Crippen LogP contribution in [0, 0.1) is 17.2 Å². The maximum Gasteiger partial charge on any atom is 0.340 e. The molecule has 1 saturated heterocycles. The van der Waals surface area contributed by atoms with Crippen LogP contribution in [0.1, 0.15) is 53.9 Å². The van der Waals surface area contributed by atoms with Crippen LogP contribution in [0.5, 0.6) is 0 Å². The molecule has 0 unspecified atom stereocenters. The molecule has 0 radical (unpaired) electrons. The monoisotopic (exact) mass is 528 g/mol. The molecule has 1 N–H and O–H groups in total. The van der Waals surface area contributed by atoms with Crippen molar-refractivity contribution in [2.24, 2.45) is 5.92 Å². The molecule has 1 aliphatic heterocycles. The number of sulfonamides is 1. The highest BCUT2D eigenvalue weighted by atomic mass is 32.2. The van der Waals surface area contributed by atoms with Crippen molar-refractivity contribution in [2.75, 3.05) is 24.6 Å². The van der Waals surface area contributed by atoms with Crippen molar-refractivity contribution in [2.45, 2.75) is 39.0 Å². The van der Waals surface area contributed by atoms with E-state index in [1.807, 2.05) is 6.07 Å².